The van der Waals surface area contributed by atoms with Crippen molar-refractivity contribution in [2.75, 3.05) is 26.9 Å². The van der Waals surface area contributed by atoms with Gasteiger partial charge in [-0.05, 0) is 30.2 Å². The number of ether oxygens (including phenoxy) is 2. The lowest BCUT2D eigenvalue weighted by atomic mass is 10.1. The minimum atomic E-state index is -0.497. The molecule has 0 unspecified atom stereocenters. The third kappa shape index (κ3) is 6.02. The van der Waals surface area contributed by atoms with E-state index in [1.807, 2.05) is 42.5 Å². The fourth-order valence-corrected chi connectivity index (χ4v) is 2.35. The molecule has 0 bridgehead atoms. The normalized spacial score (nSPS) is 13.5. The van der Waals surface area contributed by atoms with Crippen LogP contribution in [0.3, 0.4) is 0 Å². The van der Waals surface area contributed by atoms with Crippen LogP contribution in [0.1, 0.15) is 6.92 Å². The first-order valence-electron chi connectivity index (χ1n) is 7.97. The predicted molar refractivity (Wildman–Crippen MR) is 91.5 cm³/mol. The molecule has 0 radical (unpaired) electrons. The van der Waals surface area contributed by atoms with Crippen molar-refractivity contribution in [3.8, 4) is 16.9 Å². The lowest BCUT2D eigenvalue weighted by Gasteiger charge is -2.14. The maximum Gasteiger partial charge on any atom is 0.137 e. The average molecular weight is 316 g/mol. The number of quaternary nitrogens is 1. The van der Waals surface area contributed by atoms with E-state index in [4.69, 9.17) is 9.47 Å². The van der Waals surface area contributed by atoms with Crippen LogP contribution in [0.15, 0.2) is 54.6 Å². The number of hydrogen-bond acceptors (Lipinski definition) is 3. The highest BCUT2D eigenvalue weighted by molar-refractivity contribution is 5.63. The van der Waals surface area contributed by atoms with Gasteiger partial charge < -0.3 is 19.9 Å². The topological polar surface area (TPSA) is 55.3 Å². The van der Waals surface area contributed by atoms with Crippen LogP contribution < -0.4 is 10.1 Å². The molecule has 0 heterocycles. The molecule has 0 aliphatic carbocycles. The number of methoxy groups -OCH3 is 1. The van der Waals surface area contributed by atoms with Crippen molar-refractivity contribution in [1.29, 1.82) is 0 Å². The quantitative estimate of drug-likeness (QED) is 0.740. The lowest BCUT2D eigenvalue weighted by molar-refractivity contribution is -0.693. The van der Waals surface area contributed by atoms with E-state index in [9.17, 15) is 5.11 Å². The van der Waals surface area contributed by atoms with E-state index in [0.717, 1.165) is 11.3 Å². The molecule has 0 fully saturated rings. The molecule has 0 spiro atoms. The van der Waals surface area contributed by atoms with Crippen molar-refractivity contribution in [3.63, 3.8) is 0 Å². The molecule has 3 N–H and O–H groups in total. The van der Waals surface area contributed by atoms with Gasteiger partial charge in [-0.1, -0.05) is 42.5 Å². The number of rotatable bonds is 9. The van der Waals surface area contributed by atoms with Gasteiger partial charge in [0, 0.05) is 7.11 Å². The Morgan fingerprint density at radius 3 is 2.26 bits per heavy atom. The Labute approximate surface area is 138 Å². The van der Waals surface area contributed by atoms with E-state index in [2.05, 4.69) is 24.4 Å². The summed E-state index contributed by atoms with van der Waals surface area (Å²) in [4.78, 5) is 0. The summed E-state index contributed by atoms with van der Waals surface area (Å²) in [5.74, 6) is 0.772. The largest absolute Gasteiger partial charge is 0.491 e. The maximum absolute atomic E-state index is 9.96. The van der Waals surface area contributed by atoms with Gasteiger partial charge in [0.25, 0.3) is 0 Å². The van der Waals surface area contributed by atoms with E-state index >= 15 is 0 Å². The van der Waals surface area contributed by atoms with E-state index < -0.39 is 6.10 Å². The van der Waals surface area contributed by atoms with Crippen LogP contribution in [-0.4, -0.2) is 44.1 Å². The summed E-state index contributed by atoms with van der Waals surface area (Å²) < 4.78 is 10.7. The van der Waals surface area contributed by atoms with Crippen LogP contribution in [0.25, 0.3) is 11.1 Å². The van der Waals surface area contributed by atoms with Crippen molar-refractivity contribution < 1.29 is 19.9 Å². The molecule has 0 aliphatic heterocycles. The summed E-state index contributed by atoms with van der Waals surface area (Å²) in [6, 6.07) is 18.5. The first-order valence-corrected chi connectivity index (χ1v) is 7.97. The molecule has 2 aromatic rings. The highest BCUT2D eigenvalue weighted by Gasteiger charge is 2.11. The van der Waals surface area contributed by atoms with Crippen LogP contribution in [0.5, 0.6) is 5.75 Å². The van der Waals surface area contributed by atoms with Crippen LogP contribution in [-0.2, 0) is 4.74 Å². The van der Waals surface area contributed by atoms with Gasteiger partial charge in [0.15, 0.2) is 0 Å². The summed E-state index contributed by atoms with van der Waals surface area (Å²) in [5, 5.41) is 12.0. The van der Waals surface area contributed by atoms with Gasteiger partial charge in [-0.15, -0.1) is 0 Å². The van der Waals surface area contributed by atoms with Gasteiger partial charge in [0.05, 0.1) is 6.61 Å². The van der Waals surface area contributed by atoms with Crippen molar-refractivity contribution in [1.82, 2.24) is 0 Å². The molecule has 4 heteroatoms. The minimum Gasteiger partial charge on any atom is -0.491 e. The third-order valence-electron chi connectivity index (χ3n) is 3.64. The molecular weight excluding hydrogens is 290 g/mol. The summed E-state index contributed by atoms with van der Waals surface area (Å²) in [6.07, 6.45) is -0.497. The van der Waals surface area contributed by atoms with Crippen LogP contribution in [0.2, 0.25) is 0 Å². The Morgan fingerprint density at radius 1 is 0.957 bits per heavy atom. The van der Waals surface area contributed by atoms with Crippen molar-refractivity contribution >= 4 is 0 Å². The molecular formula is C19H26NO3+. The van der Waals surface area contributed by atoms with Crippen LogP contribution >= 0.6 is 0 Å². The molecule has 4 nitrogen and oxygen atoms in total. The molecule has 2 rings (SSSR count). The number of nitrogens with two attached hydrogens (primary N) is 1. The molecule has 124 valence electrons. The van der Waals surface area contributed by atoms with Gasteiger partial charge >= 0.3 is 0 Å². The molecule has 0 amide bonds. The average Bonchev–Trinajstić information content (AvgIpc) is 2.59. The fourth-order valence-electron chi connectivity index (χ4n) is 2.35. The van der Waals surface area contributed by atoms with Crippen molar-refractivity contribution in [2.45, 2.75) is 19.1 Å². The zero-order valence-electron chi connectivity index (χ0n) is 13.8. The smallest absolute Gasteiger partial charge is 0.137 e. The van der Waals surface area contributed by atoms with Gasteiger partial charge in [-0.3, -0.25) is 0 Å². The van der Waals surface area contributed by atoms with Gasteiger partial charge in [0.2, 0.25) is 0 Å². The molecule has 2 aromatic carbocycles. The van der Waals surface area contributed by atoms with Gasteiger partial charge in [-0.2, -0.15) is 0 Å². The predicted octanol–water partition coefficient (Wildman–Crippen LogP) is 1.69. The molecule has 0 aliphatic rings. The second-order valence-corrected chi connectivity index (χ2v) is 5.76. The first kappa shape index (κ1) is 17.5. The second kappa shape index (κ2) is 9.30. The van der Waals surface area contributed by atoms with E-state index in [1.165, 1.54) is 5.56 Å². The Morgan fingerprint density at radius 2 is 1.61 bits per heavy atom. The van der Waals surface area contributed by atoms with Crippen molar-refractivity contribution in [3.05, 3.63) is 54.6 Å². The Balaban J connectivity index is 1.78. The molecule has 0 saturated carbocycles. The standard InChI is InChI=1S/C19H25NO3/c1-15(13-22-2)20-12-18(21)14-23-19-10-8-17(9-11-19)16-6-4-3-5-7-16/h3-11,15,18,20-21H,12-14H2,1-2H3/p+1/t15-,18+/m0/s1. The maximum atomic E-state index is 9.96. The highest BCUT2D eigenvalue weighted by Crippen LogP contribution is 2.21. The summed E-state index contributed by atoms with van der Waals surface area (Å²) in [7, 11) is 1.68. The lowest BCUT2D eigenvalue weighted by Crippen LogP contribution is -2.92. The van der Waals surface area contributed by atoms with E-state index in [-0.39, 0.29) is 0 Å². The van der Waals surface area contributed by atoms with E-state index in [1.54, 1.807) is 7.11 Å². The molecule has 23 heavy (non-hydrogen) atoms. The van der Waals surface area contributed by atoms with Gasteiger partial charge in [-0.25, -0.2) is 0 Å². The SMILES string of the molecule is COC[C@H](C)[NH2+]C[C@@H](O)COc1ccc(-c2ccccc2)cc1. The third-order valence-corrected chi connectivity index (χ3v) is 3.64. The molecule has 0 saturated heterocycles. The minimum absolute atomic E-state index is 0.293. The number of aliphatic hydroxyl groups is 1. The Hall–Kier alpha value is -1.88. The Bertz CT molecular complexity index is 557. The molecule has 2 atom stereocenters. The van der Waals surface area contributed by atoms with Crippen LogP contribution in [0.4, 0.5) is 0 Å². The fraction of sp³-hybridized carbons (Fsp3) is 0.368. The summed E-state index contributed by atoms with van der Waals surface area (Å²) in [5.41, 5.74) is 2.33. The summed E-state index contributed by atoms with van der Waals surface area (Å²) in [6.45, 7) is 3.64. The number of benzene rings is 2. The zero-order valence-corrected chi connectivity index (χ0v) is 13.8. The summed E-state index contributed by atoms with van der Waals surface area (Å²) >= 11 is 0. The first-order chi connectivity index (χ1) is 11.2. The van der Waals surface area contributed by atoms with E-state index in [0.29, 0.717) is 25.8 Å². The second-order valence-electron chi connectivity index (χ2n) is 5.76. The Kier molecular flexibility index (Phi) is 7.07. The zero-order chi connectivity index (χ0) is 16.5. The van der Waals surface area contributed by atoms with Crippen LogP contribution in [0, 0.1) is 0 Å². The highest BCUT2D eigenvalue weighted by atomic mass is 16.5. The molecule has 0 aromatic heterocycles. The van der Waals surface area contributed by atoms with Crippen molar-refractivity contribution in [2.24, 2.45) is 0 Å². The monoisotopic (exact) mass is 316 g/mol. The number of aliphatic hydroxyl groups excluding tert-OH is 1. The number of hydrogen-bond donors (Lipinski definition) is 2. The van der Waals surface area contributed by atoms with Gasteiger partial charge in [0.1, 0.15) is 31.0 Å².